The standard InChI is InChI=1S/C27H34N6O5/c1-4-24(34)32-9-7-20(18-32)33-27(29-8-10-31-11-13-38-14-12-31)25(26(28)35)23(30-33)6-5-19-15-21(36-2)17-22(16-19)37-3/h4,15-17,20,29H,1,7-14,18H2,2-3H3,(H2,28,35)/t20-/m0/s1. The first-order valence-electron chi connectivity index (χ1n) is 12.6. The van der Waals surface area contributed by atoms with Crippen LogP contribution >= 0.6 is 0 Å². The monoisotopic (exact) mass is 522 g/mol. The average Bonchev–Trinajstić information content (AvgIpc) is 3.57. The number of methoxy groups -OCH3 is 2. The molecule has 2 aliphatic rings. The van der Waals surface area contributed by atoms with Gasteiger partial charge in [0, 0.05) is 50.9 Å². The Labute approximate surface area is 222 Å². The zero-order valence-corrected chi connectivity index (χ0v) is 21.9. The molecule has 0 radical (unpaired) electrons. The number of aromatic nitrogens is 2. The van der Waals surface area contributed by atoms with Crippen molar-refractivity contribution in [2.45, 2.75) is 12.5 Å². The van der Waals surface area contributed by atoms with Gasteiger partial charge < -0.3 is 30.2 Å². The molecule has 2 fully saturated rings. The molecule has 0 bridgehead atoms. The summed E-state index contributed by atoms with van der Waals surface area (Å²) in [5.41, 5.74) is 6.98. The molecule has 2 saturated heterocycles. The van der Waals surface area contributed by atoms with Crippen molar-refractivity contribution in [1.29, 1.82) is 0 Å². The van der Waals surface area contributed by atoms with Crippen LogP contribution in [0.15, 0.2) is 30.9 Å². The Morgan fingerprint density at radius 3 is 2.53 bits per heavy atom. The van der Waals surface area contributed by atoms with Crippen LogP contribution in [-0.2, 0) is 9.53 Å². The topological polar surface area (TPSA) is 124 Å². The van der Waals surface area contributed by atoms with Gasteiger partial charge in [-0.25, -0.2) is 4.68 Å². The molecule has 1 atom stereocenters. The van der Waals surface area contributed by atoms with Crippen molar-refractivity contribution in [2.75, 3.05) is 72.0 Å². The molecule has 2 amide bonds. The van der Waals surface area contributed by atoms with E-state index < -0.39 is 5.91 Å². The zero-order valence-electron chi connectivity index (χ0n) is 21.9. The van der Waals surface area contributed by atoms with Crippen molar-refractivity contribution < 1.29 is 23.8 Å². The zero-order chi connectivity index (χ0) is 27.1. The minimum atomic E-state index is -0.630. The predicted molar refractivity (Wildman–Crippen MR) is 142 cm³/mol. The predicted octanol–water partition coefficient (Wildman–Crippen LogP) is 1.10. The number of nitrogens with zero attached hydrogens (tertiary/aromatic N) is 4. The fraction of sp³-hybridized carbons (Fsp3) is 0.444. The van der Waals surface area contributed by atoms with Crippen LogP contribution in [-0.4, -0.2) is 98.1 Å². The third-order valence-electron chi connectivity index (χ3n) is 6.65. The maximum absolute atomic E-state index is 12.7. The summed E-state index contributed by atoms with van der Waals surface area (Å²) in [6, 6.07) is 5.15. The fourth-order valence-corrected chi connectivity index (χ4v) is 4.63. The quantitative estimate of drug-likeness (QED) is 0.371. The number of hydrogen-bond acceptors (Lipinski definition) is 8. The Balaban J connectivity index is 1.67. The number of hydrogen-bond donors (Lipinski definition) is 2. The molecule has 3 N–H and O–H groups in total. The van der Waals surface area contributed by atoms with Crippen LogP contribution in [0.1, 0.15) is 34.1 Å². The summed E-state index contributed by atoms with van der Waals surface area (Å²) >= 11 is 0. The van der Waals surface area contributed by atoms with E-state index in [9.17, 15) is 9.59 Å². The lowest BCUT2D eigenvalue weighted by Gasteiger charge is -2.27. The van der Waals surface area contributed by atoms with E-state index in [1.54, 1.807) is 42.0 Å². The lowest BCUT2D eigenvalue weighted by Crippen LogP contribution is -2.39. The van der Waals surface area contributed by atoms with Gasteiger partial charge in [-0.3, -0.25) is 14.5 Å². The number of benzene rings is 1. The molecule has 4 rings (SSSR count). The highest BCUT2D eigenvalue weighted by molar-refractivity contribution is 6.00. The number of carbonyl (C=O) groups is 2. The van der Waals surface area contributed by atoms with Crippen LogP contribution in [0, 0.1) is 11.8 Å². The lowest BCUT2D eigenvalue weighted by atomic mass is 10.1. The summed E-state index contributed by atoms with van der Waals surface area (Å²) in [7, 11) is 3.13. The van der Waals surface area contributed by atoms with Gasteiger partial charge in [0.15, 0.2) is 5.69 Å². The number of ether oxygens (including phenoxy) is 3. The summed E-state index contributed by atoms with van der Waals surface area (Å²) in [6.45, 7) is 9.06. The number of morpholine rings is 1. The summed E-state index contributed by atoms with van der Waals surface area (Å²) in [5.74, 6) is 7.02. The number of carbonyl (C=O) groups excluding carboxylic acids is 2. The van der Waals surface area contributed by atoms with Gasteiger partial charge >= 0.3 is 0 Å². The van der Waals surface area contributed by atoms with E-state index in [2.05, 4.69) is 28.6 Å². The van der Waals surface area contributed by atoms with Crippen molar-refractivity contribution in [2.24, 2.45) is 5.73 Å². The Hall–Kier alpha value is -4.01. The molecule has 0 spiro atoms. The van der Waals surface area contributed by atoms with E-state index in [0.717, 1.165) is 19.6 Å². The van der Waals surface area contributed by atoms with Gasteiger partial charge in [-0.2, -0.15) is 5.10 Å². The second kappa shape index (κ2) is 12.5. The summed E-state index contributed by atoms with van der Waals surface area (Å²) in [5, 5.41) is 8.10. The molecule has 1 aromatic carbocycles. The molecule has 2 aromatic rings. The Kier molecular flexibility index (Phi) is 8.89. The van der Waals surface area contributed by atoms with Crippen LogP contribution in [0.3, 0.4) is 0 Å². The molecular formula is C27H34N6O5. The van der Waals surface area contributed by atoms with Gasteiger partial charge in [0.25, 0.3) is 5.91 Å². The smallest absolute Gasteiger partial charge is 0.255 e. The van der Waals surface area contributed by atoms with Gasteiger partial charge in [-0.15, -0.1) is 0 Å². The number of primary amides is 1. The van der Waals surface area contributed by atoms with Crippen molar-refractivity contribution in [3.63, 3.8) is 0 Å². The molecule has 202 valence electrons. The van der Waals surface area contributed by atoms with E-state index in [1.807, 2.05) is 0 Å². The fourth-order valence-electron chi connectivity index (χ4n) is 4.63. The Bertz CT molecular complexity index is 1220. The molecule has 0 aliphatic carbocycles. The van der Waals surface area contributed by atoms with Crippen molar-refractivity contribution >= 4 is 17.6 Å². The van der Waals surface area contributed by atoms with E-state index in [4.69, 9.17) is 25.0 Å². The first-order chi connectivity index (χ1) is 18.4. The van der Waals surface area contributed by atoms with Crippen LogP contribution in [0.2, 0.25) is 0 Å². The van der Waals surface area contributed by atoms with E-state index in [0.29, 0.717) is 62.1 Å². The SMILES string of the molecule is C=CC(=O)N1CC[C@H](n2nc(C#Cc3cc(OC)cc(OC)c3)c(C(N)=O)c2NCCN2CCOCC2)C1. The minimum absolute atomic E-state index is 0.136. The highest BCUT2D eigenvalue weighted by Gasteiger charge is 2.31. The summed E-state index contributed by atoms with van der Waals surface area (Å²) in [6.07, 6.45) is 1.98. The first-order valence-corrected chi connectivity index (χ1v) is 12.6. The number of amides is 2. The molecule has 0 saturated carbocycles. The normalized spacial score (nSPS) is 17.4. The van der Waals surface area contributed by atoms with Crippen molar-refractivity contribution in [1.82, 2.24) is 19.6 Å². The van der Waals surface area contributed by atoms with Crippen molar-refractivity contribution in [3.8, 4) is 23.3 Å². The molecule has 2 aliphatic heterocycles. The number of nitrogens with one attached hydrogen (secondary N) is 1. The van der Waals surface area contributed by atoms with Gasteiger partial charge in [-0.05, 0) is 30.6 Å². The van der Waals surface area contributed by atoms with Crippen LogP contribution in [0.25, 0.3) is 0 Å². The Morgan fingerprint density at radius 1 is 1.18 bits per heavy atom. The molecular weight excluding hydrogens is 488 g/mol. The molecule has 11 heteroatoms. The summed E-state index contributed by atoms with van der Waals surface area (Å²) < 4.78 is 17.8. The highest BCUT2D eigenvalue weighted by Crippen LogP contribution is 2.29. The molecule has 0 unspecified atom stereocenters. The van der Waals surface area contributed by atoms with E-state index in [-0.39, 0.29) is 23.2 Å². The van der Waals surface area contributed by atoms with Gasteiger partial charge in [0.1, 0.15) is 22.9 Å². The molecule has 11 nitrogen and oxygen atoms in total. The van der Waals surface area contributed by atoms with Crippen molar-refractivity contribution in [3.05, 3.63) is 47.7 Å². The first kappa shape index (κ1) is 27.0. The second-order valence-corrected chi connectivity index (χ2v) is 9.04. The maximum Gasteiger partial charge on any atom is 0.255 e. The van der Waals surface area contributed by atoms with E-state index >= 15 is 0 Å². The molecule has 3 heterocycles. The average molecular weight is 523 g/mol. The second-order valence-electron chi connectivity index (χ2n) is 9.04. The molecule has 1 aromatic heterocycles. The van der Waals surface area contributed by atoms with Crippen LogP contribution in [0.4, 0.5) is 5.82 Å². The number of anilines is 1. The van der Waals surface area contributed by atoms with Crippen LogP contribution < -0.4 is 20.5 Å². The highest BCUT2D eigenvalue weighted by atomic mass is 16.5. The third kappa shape index (κ3) is 6.27. The third-order valence-corrected chi connectivity index (χ3v) is 6.65. The van der Waals surface area contributed by atoms with E-state index in [1.165, 1.54) is 6.08 Å². The van der Waals surface area contributed by atoms with Gasteiger partial charge in [0.2, 0.25) is 5.91 Å². The lowest BCUT2D eigenvalue weighted by molar-refractivity contribution is -0.125. The maximum atomic E-state index is 12.7. The largest absolute Gasteiger partial charge is 0.497 e. The number of likely N-dealkylation sites (tertiary alicyclic amines) is 1. The van der Waals surface area contributed by atoms with Gasteiger partial charge in [-0.1, -0.05) is 12.5 Å². The Morgan fingerprint density at radius 2 is 1.89 bits per heavy atom. The molecule has 38 heavy (non-hydrogen) atoms. The minimum Gasteiger partial charge on any atom is -0.497 e. The number of rotatable bonds is 9. The van der Waals surface area contributed by atoms with Gasteiger partial charge in [0.05, 0.1) is 33.5 Å². The summed E-state index contributed by atoms with van der Waals surface area (Å²) in [4.78, 5) is 28.9. The number of nitrogens with two attached hydrogens (primary N) is 1. The van der Waals surface area contributed by atoms with Crippen LogP contribution in [0.5, 0.6) is 11.5 Å².